The van der Waals surface area contributed by atoms with Crippen molar-refractivity contribution in [2.45, 2.75) is 19.1 Å². The van der Waals surface area contributed by atoms with Gasteiger partial charge in [0.1, 0.15) is 0 Å². The largest absolute Gasteiger partial charge is 0.412 e. The molecule has 0 heterocycles. The number of sulfonamides is 1. The van der Waals surface area contributed by atoms with Crippen molar-refractivity contribution in [3.05, 3.63) is 29.8 Å². The number of benzene rings is 1. The summed E-state index contributed by atoms with van der Waals surface area (Å²) >= 11 is 0. The van der Waals surface area contributed by atoms with Crippen LogP contribution >= 0.6 is 0 Å². The van der Waals surface area contributed by atoms with Gasteiger partial charge in [0.15, 0.2) is 0 Å². The van der Waals surface area contributed by atoms with Crippen LogP contribution in [0.3, 0.4) is 0 Å². The average Bonchev–Trinajstić information content (AvgIpc) is 2.26. The van der Waals surface area contributed by atoms with Crippen molar-refractivity contribution in [2.24, 2.45) is 0 Å². The van der Waals surface area contributed by atoms with Gasteiger partial charge in [-0.1, -0.05) is 19.1 Å². The smallest absolute Gasteiger partial charge is 0.215 e. The summed E-state index contributed by atoms with van der Waals surface area (Å²) in [6, 6.07) is 6.62. The van der Waals surface area contributed by atoms with E-state index in [0.717, 1.165) is 6.42 Å². The van der Waals surface area contributed by atoms with Crippen molar-refractivity contribution in [3.8, 4) is 0 Å². The van der Waals surface area contributed by atoms with Crippen LogP contribution in [-0.2, 0) is 15.8 Å². The monoisotopic (exact) mass is 262 g/mol. The van der Waals surface area contributed by atoms with E-state index in [1.54, 1.807) is 24.3 Å². The molecular weight excluding hydrogens is 244 g/mol. The molecule has 1 rings (SSSR count). The first-order valence-electron chi connectivity index (χ1n) is 5.04. The van der Waals surface area contributed by atoms with Crippen molar-refractivity contribution >= 4 is 15.7 Å². The van der Waals surface area contributed by atoms with Gasteiger partial charge in [-0.2, -0.15) is 0 Å². The molecule has 6 nitrogen and oxygen atoms in total. The first-order chi connectivity index (χ1) is 7.57. The van der Waals surface area contributed by atoms with Crippen LogP contribution < -0.4 is 10.2 Å². The molecule has 98 valence electrons. The molecule has 17 heavy (non-hydrogen) atoms. The van der Waals surface area contributed by atoms with Crippen LogP contribution in [-0.4, -0.2) is 25.6 Å². The van der Waals surface area contributed by atoms with Crippen LogP contribution in [0.1, 0.15) is 18.9 Å². The van der Waals surface area contributed by atoms with Crippen molar-refractivity contribution in [1.29, 1.82) is 0 Å². The Kier molecular flexibility index (Phi) is 6.74. The molecule has 0 aromatic heterocycles. The molecule has 0 aliphatic heterocycles. The number of hydrogen-bond donors (Lipinski definition) is 3. The topological polar surface area (TPSA) is 110 Å². The summed E-state index contributed by atoms with van der Waals surface area (Å²) in [6.45, 7) is 2.35. The van der Waals surface area contributed by atoms with E-state index in [2.05, 4.69) is 4.72 Å². The summed E-state index contributed by atoms with van der Waals surface area (Å²) in [5.74, 6) is -0.0808. The Morgan fingerprint density at radius 2 is 2.06 bits per heavy atom. The molecule has 0 amide bonds. The minimum absolute atomic E-state index is 0. The summed E-state index contributed by atoms with van der Waals surface area (Å²) in [7, 11) is -3.28. The number of nitrogens with one attached hydrogen (secondary N) is 2. The molecule has 1 aromatic carbocycles. The lowest BCUT2D eigenvalue weighted by Gasteiger charge is -2.06. The van der Waals surface area contributed by atoms with Gasteiger partial charge < -0.3 is 5.48 Å². The minimum Gasteiger partial charge on any atom is -0.412 e. The van der Waals surface area contributed by atoms with Crippen LogP contribution in [0.4, 0.5) is 5.69 Å². The van der Waals surface area contributed by atoms with Gasteiger partial charge in [0.25, 0.3) is 0 Å². The Morgan fingerprint density at radius 1 is 1.35 bits per heavy atom. The van der Waals surface area contributed by atoms with Gasteiger partial charge in [0.05, 0.1) is 11.4 Å². The van der Waals surface area contributed by atoms with E-state index in [4.69, 9.17) is 5.21 Å². The Bertz CT molecular complexity index is 434. The molecule has 0 radical (unpaired) electrons. The Morgan fingerprint density at radius 3 is 2.65 bits per heavy atom. The molecule has 0 fully saturated rings. The fourth-order valence-electron chi connectivity index (χ4n) is 1.26. The summed E-state index contributed by atoms with van der Waals surface area (Å²) in [6.07, 6.45) is 0.761. The van der Waals surface area contributed by atoms with Crippen LogP contribution in [0, 0.1) is 0 Å². The fourth-order valence-corrected chi connectivity index (χ4v) is 2.49. The second-order valence-electron chi connectivity index (χ2n) is 3.47. The highest BCUT2D eigenvalue weighted by Crippen LogP contribution is 2.11. The van der Waals surface area contributed by atoms with E-state index in [-0.39, 0.29) is 11.2 Å². The zero-order chi connectivity index (χ0) is 12.0. The zero-order valence-corrected chi connectivity index (χ0v) is 10.4. The van der Waals surface area contributed by atoms with E-state index in [1.165, 1.54) is 0 Å². The highest BCUT2D eigenvalue weighted by atomic mass is 32.2. The second kappa shape index (κ2) is 7.23. The predicted molar refractivity (Wildman–Crippen MR) is 66.4 cm³/mol. The molecule has 0 spiro atoms. The maximum absolute atomic E-state index is 11.6. The highest BCUT2D eigenvalue weighted by Gasteiger charge is 2.10. The number of hydrogen-bond acceptors (Lipinski definition) is 4. The molecule has 7 heteroatoms. The van der Waals surface area contributed by atoms with E-state index < -0.39 is 10.0 Å². The van der Waals surface area contributed by atoms with E-state index in [0.29, 0.717) is 17.8 Å². The van der Waals surface area contributed by atoms with Gasteiger partial charge in [-0.05, 0) is 24.1 Å². The molecular formula is C10H18N2O4S. The second-order valence-corrected chi connectivity index (χ2v) is 5.27. The van der Waals surface area contributed by atoms with Gasteiger partial charge in [-0.25, -0.2) is 13.1 Å². The molecule has 0 saturated heterocycles. The maximum atomic E-state index is 11.6. The average molecular weight is 262 g/mol. The molecule has 0 atom stereocenters. The van der Waals surface area contributed by atoms with Crippen molar-refractivity contribution < 1.29 is 19.1 Å². The lowest BCUT2D eigenvalue weighted by atomic mass is 10.2. The lowest BCUT2D eigenvalue weighted by molar-refractivity contribution is 0.389. The molecule has 0 aliphatic carbocycles. The van der Waals surface area contributed by atoms with E-state index in [9.17, 15) is 8.42 Å². The Labute approximate surface area is 101 Å². The highest BCUT2D eigenvalue weighted by molar-refractivity contribution is 7.88. The van der Waals surface area contributed by atoms with Gasteiger partial charge in [0, 0.05) is 6.54 Å². The Hall–Kier alpha value is -1.15. The van der Waals surface area contributed by atoms with Gasteiger partial charge in [-0.15, -0.1) is 0 Å². The van der Waals surface area contributed by atoms with E-state index >= 15 is 0 Å². The third-order valence-electron chi connectivity index (χ3n) is 1.98. The lowest BCUT2D eigenvalue weighted by Crippen LogP contribution is -2.25. The summed E-state index contributed by atoms with van der Waals surface area (Å²) in [5, 5.41) is 8.69. The minimum atomic E-state index is -3.28. The number of anilines is 1. The van der Waals surface area contributed by atoms with Crippen LogP contribution in [0.2, 0.25) is 0 Å². The molecule has 0 aliphatic rings. The zero-order valence-electron chi connectivity index (χ0n) is 9.60. The maximum Gasteiger partial charge on any atom is 0.215 e. The van der Waals surface area contributed by atoms with Crippen LogP contribution in [0.25, 0.3) is 0 Å². The third kappa shape index (κ3) is 5.64. The standard InChI is InChI=1S/C10H16N2O3S.H2O/c1-2-6-11-16(14,15)8-9-4-3-5-10(7-9)12-13;/h3-5,7,11-13H,2,6,8H2,1H3;1H2. The van der Waals surface area contributed by atoms with Crippen LogP contribution in [0.15, 0.2) is 24.3 Å². The quantitative estimate of drug-likeness (QED) is 0.648. The third-order valence-corrected chi connectivity index (χ3v) is 3.34. The molecule has 5 N–H and O–H groups in total. The first-order valence-corrected chi connectivity index (χ1v) is 6.69. The molecule has 1 aromatic rings. The first kappa shape index (κ1) is 15.9. The van der Waals surface area contributed by atoms with Crippen molar-refractivity contribution in [2.75, 3.05) is 12.0 Å². The fraction of sp³-hybridized carbons (Fsp3) is 0.400. The SMILES string of the molecule is CCCNS(=O)(=O)Cc1cccc(NO)c1.O. The van der Waals surface area contributed by atoms with E-state index in [1.807, 2.05) is 12.4 Å². The molecule has 0 bridgehead atoms. The summed E-state index contributed by atoms with van der Waals surface area (Å²) in [4.78, 5) is 0. The van der Waals surface area contributed by atoms with Gasteiger partial charge in [-0.3, -0.25) is 10.7 Å². The summed E-state index contributed by atoms with van der Waals surface area (Å²) < 4.78 is 25.6. The Balaban J connectivity index is 0.00000256. The summed E-state index contributed by atoms with van der Waals surface area (Å²) in [5.41, 5.74) is 3.08. The van der Waals surface area contributed by atoms with Gasteiger partial charge in [0.2, 0.25) is 10.0 Å². The molecule has 0 saturated carbocycles. The predicted octanol–water partition coefficient (Wildman–Crippen LogP) is 0.492. The van der Waals surface area contributed by atoms with Crippen molar-refractivity contribution in [1.82, 2.24) is 4.72 Å². The van der Waals surface area contributed by atoms with Crippen molar-refractivity contribution in [3.63, 3.8) is 0 Å². The molecule has 0 unspecified atom stereocenters. The van der Waals surface area contributed by atoms with Crippen LogP contribution in [0.5, 0.6) is 0 Å². The number of rotatable bonds is 6. The normalized spacial score (nSPS) is 10.7. The van der Waals surface area contributed by atoms with Gasteiger partial charge >= 0.3 is 0 Å².